The zero-order chi connectivity index (χ0) is 28.3. The van der Waals surface area contributed by atoms with Crippen LogP contribution in [0.15, 0.2) is 47.0 Å². The molecule has 1 spiro atoms. The van der Waals surface area contributed by atoms with Gasteiger partial charge in [0.25, 0.3) is 5.91 Å². The summed E-state index contributed by atoms with van der Waals surface area (Å²) in [5, 5.41) is 41.0. The number of rotatable bonds is 5. The van der Waals surface area contributed by atoms with E-state index in [1.807, 2.05) is 0 Å². The normalized spacial score (nSPS) is 28.5. The Morgan fingerprint density at radius 2 is 1.90 bits per heavy atom. The number of ether oxygens (including phenoxy) is 2. The molecule has 6 rings (SSSR count). The average molecular weight is 560 g/mol. The Bertz CT molecular complexity index is 1590. The first-order chi connectivity index (χ1) is 19.2. The maximum absolute atomic E-state index is 13.8. The Labute approximate surface area is 223 Å². The second-order valence-corrected chi connectivity index (χ2v) is 9.72. The van der Waals surface area contributed by atoms with E-state index in [2.05, 4.69) is 10.3 Å². The molecule has 4 aromatic rings. The van der Waals surface area contributed by atoms with E-state index in [-0.39, 0.29) is 35.6 Å². The number of benzene rings is 2. The molecule has 6 atom stereocenters. The van der Waals surface area contributed by atoms with E-state index in [4.69, 9.17) is 19.6 Å². The maximum Gasteiger partial charge on any atom is 0.252 e. The fourth-order valence-corrected chi connectivity index (χ4v) is 5.65. The van der Waals surface area contributed by atoms with E-state index in [0.717, 1.165) is 16.8 Å². The molecular formula is C26H23F3N4O7. The Balaban J connectivity index is 1.44. The van der Waals surface area contributed by atoms with Gasteiger partial charge in [0.05, 0.1) is 30.9 Å². The molecule has 14 heteroatoms. The zero-order valence-corrected chi connectivity index (χ0v) is 20.6. The minimum absolute atomic E-state index is 0.0503. The predicted octanol–water partition coefficient (Wildman–Crippen LogP) is 1.76. The van der Waals surface area contributed by atoms with Gasteiger partial charge in [-0.05, 0) is 24.6 Å². The van der Waals surface area contributed by atoms with Crippen LogP contribution in [0.4, 0.5) is 13.2 Å². The topological polar surface area (TPSA) is 166 Å². The Morgan fingerprint density at radius 1 is 1.18 bits per heavy atom. The van der Waals surface area contributed by atoms with Crippen molar-refractivity contribution in [1.29, 1.82) is 0 Å². The molecular weight excluding hydrogens is 537 g/mol. The maximum atomic E-state index is 13.8. The molecule has 2 aliphatic rings. The van der Waals surface area contributed by atoms with Gasteiger partial charge in [-0.25, -0.2) is 17.9 Å². The van der Waals surface area contributed by atoms with Crippen LogP contribution in [-0.4, -0.2) is 73.5 Å². The molecule has 11 nitrogen and oxygen atoms in total. The quantitative estimate of drug-likeness (QED) is 0.266. The van der Waals surface area contributed by atoms with Gasteiger partial charge in [0, 0.05) is 10.9 Å². The van der Waals surface area contributed by atoms with Crippen LogP contribution in [0.3, 0.4) is 0 Å². The molecule has 2 fully saturated rings. The Kier molecular flexibility index (Phi) is 6.39. The van der Waals surface area contributed by atoms with Gasteiger partial charge in [-0.1, -0.05) is 23.4 Å². The molecule has 2 saturated heterocycles. The lowest BCUT2D eigenvalue weighted by Gasteiger charge is -2.49. The van der Waals surface area contributed by atoms with E-state index in [9.17, 15) is 33.3 Å². The number of aliphatic hydroxyl groups excluding tert-OH is 3. The summed E-state index contributed by atoms with van der Waals surface area (Å²) in [5.41, 5.74) is 5.92. The molecule has 0 saturated carbocycles. The lowest BCUT2D eigenvalue weighted by atomic mass is 9.81. The third kappa shape index (κ3) is 3.90. The third-order valence-electron chi connectivity index (χ3n) is 7.48. The van der Waals surface area contributed by atoms with Crippen LogP contribution < -0.4 is 5.73 Å². The number of aromatic nitrogens is 3. The Hall–Kier alpha value is -3.82. The van der Waals surface area contributed by atoms with E-state index >= 15 is 0 Å². The van der Waals surface area contributed by atoms with E-state index in [1.165, 1.54) is 6.20 Å². The number of hydrogen-bond donors (Lipinski definition) is 4. The minimum atomic E-state index is -1.93. The van der Waals surface area contributed by atoms with Crippen LogP contribution in [0.25, 0.3) is 22.2 Å². The molecule has 40 heavy (non-hydrogen) atoms. The predicted molar refractivity (Wildman–Crippen MR) is 129 cm³/mol. The highest BCUT2D eigenvalue weighted by Crippen LogP contribution is 2.52. The standard InChI is InChI=1S/C26H23F3N4O7/c27-14-7-11(8-15(28)20(14)29)16-9-33(32-31-16)21-22(35)18(10-34)40-26(24(21)36)13(5-6-38-26)23-19(25(30)37)12-3-1-2-4-17(12)39-23/h1-4,7-9,13,18,21-22,24,34-36H,5-6,10H2,(H2,30,37)/t13-,18-,21+,22+,24-,26+/m1/s1. The number of amides is 1. The highest BCUT2D eigenvalue weighted by molar-refractivity contribution is 6.06. The van der Waals surface area contributed by atoms with Crippen LogP contribution in [0.2, 0.25) is 0 Å². The van der Waals surface area contributed by atoms with Crippen molar-refractivity contribution in [3.8, 4) is 11.3 Å². The minimum Gasteiger partial charge on any atom is -0.460 e. The molecule has 0 aliphatic carbocycles. The number of nitrogens with two attached hydrogens (primary N) is 1. The van der Waals surface area contributed by atoms with Crippen molar-refractivity contribution in [2.75, 3.05) is 13.2 Å². The molecule has 0 radical (unpaired) electrons. The van der Waals surface area contributed by atoms with Crippen LogP contribution in [-0.2, 0) is 9.47 Å². The van der Waals surface area contributed by atoms with Gasteiger partial charge in [0.2, 0.25) is 5.79 Å². The second kappa shape index (κ2) is 9.67. The fourth-order valence-electron chi connectivity index (χ4n) is 5.65. The Morgan fingerprint density at radius 3 is 2.60 bits per heavy atom. The number of para-hydroxylation sites is 1. The highest BCUT2D eigenvalue weighted by Gasteiger charge is 2.63. The highest BCUT2D eigenvalue weighted by atomic mass is 19.2. The van der Waals surface area contributed by atoms with E-state index in [0.29, 0.717) is 11.0 Å². The molecule has 5 N–H and O–H groups in total. The number of fused-ring (bicyclic) bond motifs is 1. The first-order valence-corrected chi connectivity index (χ1v) is 12.3. The third-order valence-corrected chi connectivity index (χ3v) is 7.48. The number of primary amides is 1. The summed E-state index contributed by atoms with van der Waals surface area (Å²) in [4.78, 5) is 12.5. The van der Waals surface area contributed by atoms with Crippen molar-refractivity contribution in [2.45, 2.75) is 42.5 Å². The van der Waals surface area contributed by atoms with Crippen molar-refractivity contribution in [1.82, 2.24) is 15.0 Å². The monoisotopic (exact) mass is 560 g/mol. The molecule has 4 heterocycles. The molecule has 1 amide bonds. The van der Waals surface area contributed by atoms with Crippen LogP contribution in [0.1, 0.15) is 34.5 Å². The summed E-state index contributed by atoms with van der Waals surface area (Å²) in [6.07, 6.45) is -3.14. The largest absolute Gasteiger partial charge is 0.460 e. The van der Waals surface area contributed by atoms with Crippen LogP contribution in [0, 0.1) is 17.5 Å². The van der Waals surface area contributed by atoms with Crippen molar-refractivity contribution < 1.29 is 47.2 Å². The lowest BCUT2D eigenvalue weighted by molar-refractivity contribution is -0.345. The first kappa shape index (κ1) is 26.4. The fraction of sp³-hybridized carbons (Fsp3) is 0.346. The summed E-state index contributed by atoms with van der Waals surface area (Å²) in [7, 11) is 0. The van der Waals surface area contributed by atoms with Gasteiger partial charge in [0.1, 0.15) is 41.4 Å². The van der Waals surface area contributed by atoms with Crippen molar-refractivity contribution >= 4 is 16.9 Å². The SMILES string of the molecule is NC(=O)c1c([C@H]2CCO[C@]23O[C@H](CO)[C@H](O)[C@H](n2cc(-c4cc(F)c(F)c(F)c4)nn2)[C@H]3O)oc2ccccc12. The van der Waals surface area contributed by atoms with Crippen molar-refractivity contribution in [3.63, 3.8) is 0 Å². The summed E-state index contributed by atoms with van der Waals surface area (Å²) < 4.78 is 60.1. The smallest absolute Gasteiger partial charge is 0.252 e. The molecule has 0 unspecified atom stereocenters. The van der Waals surface area contributed by atoms with Crippen molar-refractivity contribution in [2.24, 2.45) is 5.73 Å². The van der Waals surface area contributed by atoms with Gasteiger partial charge >= 0.3 is 0 Å². The average Bonchev–Trinajstić information content (AvgIpc) is 3.66. The number of halogens is 3. The zero-order valence-electron chi connectivity index (χ0n) is 20.6. The van der Waals surface area contributed by atoms with Crippen LogP contribution in [0.5, 0.6) is 0 Å². The van der Waals surface area contributed by atoms with Gasteiger partial charge in [-0.15, -0.1) is 5.10 Å². The van der Waals surface area contributed by atoms with Gasteiger partial charge in [-0.2, -0.15) is 0 Å². The summed E-state index contributed by atoms with van der Waals surface area (Å²) in [6, 6.07) is 6.81. The lowest BCUT2D eigenvalue weighted by Crippen LogP contribution is -2.64. The number of carbonyl (C=O) groups excluding carboxylic acids is 1. The molecule has 2 aromatic carbocycles. The van der Waals surface area contributed by atoms with E-state index < -0.39 is 66.0 Å². The molecule has 0 bridgehead atoms. The summed E-state index contributed by atoms with van der Waals surface area (Å²) in [5.74, 6) is -8.04. The molecule has 2 aromatic heterocycles. The number of nitrogens with zero attached hydrogens (tertiary/aromatic N) is 3. The van der Waals surface area contributed by atoms with E-state index in [1.54, 1.807) is 24.3 Å². The first-order valence-electron chi connectivity index (χ1n) is 12.3. The number of hydrogen-bond acceptors (Lipinski definition) is 9. The van der Waals surface area contributed by atoms with Gasteiger partial charge < -0.3 is 34.9 Å². The number of carbonyl (C=O) groups is 1. The van der Waals surface area contributed by atoms with Gasteiger partial charge in [-0.3, -0.25) is 4.79 Å². The number of furan rings is 1. The number of aliphatic hydroxyl groups is 3. The molecule has 2 aliphatic heterocycles. The van der Waals surface area contributed by atoms with Crippen LogP contribution >= 0.6 is 0 Å². The summed E-state index contributed by atoms with van der Waals surface area (Å²) >= 11 is 0. The molecule has 210 valence electrons. The second-order valence-electron chi connectivity index (χ2n) is 9.72. The summed E-state index contributed by atoms with van der Waals surface area (Å²) in [6.45, 7) is -0.643. The van der Waals surface area contributed by atoms with Gasteiger partial charge in [0.15, 0.2) is 17.5 Å². The van der Waals surface area contributed by atoms with Crippen molar-refractivity contribution in [3.05, 3.63) is 71.4 Å².